The highest BCUT2D eigenvalue weighted by molar-refractivity contribution is 8.00. The van der Waals surface area contributed by atoms with Gasteiger partial charge in [0.15, 0.2) is 0 Å². The minimum atomic E-state index is -0.889. The number of aromatic nitrogens is 1. The van der Waals surface area contributed by atoms with Gasteiger partial charge in [-0.3, -0.25) is 9.59 Å². The zero-order chi connectivity index (χ0) is 22.5. The van der Waals surface area contributed by atoms with Crippen molar-refractivity contribution in [1.82, 2.24) is 4.98 Å². The van der Waals surface area contributed by atoms with Gasteiger partial charge in [0.05, 0.1) is 12.1 Å². The van der Waals surface area contributed by atoms with Crippen molar-refractivity contribution in [1.29, 1.82) is 5.26 Å². The average Bonchev–Trinajstić information content (AvgIpc) is 2.77. The van der Waals surface area contributed by atoms with Crippen LogP contribution in [0.2, 0.25) is 0 Å². The van der Waals surface area contributed by atoms with Gasteiger partial charge in [0.1, 0.15) is 33.8 Å². The number of nitrogens with zero attached hydrogens (tertiary/aromatic N) is 4. The summed E-state index contributed by atoms with van der Waals surface area (Å²) in [5.74, 6) is -0.531. The van der Waals surface area contributed by atoms with Gasteiger partial charge in [-0.05, 0) is 29.7 Å². The Morgan fingerprint density at radius 2 is 2.03 bits per heavy atom. The standard InChI is InChI=1S/C22H20FN5O2S/c1-3-16-17(12-24)22(31-19(20(25)30)13-4-6-14(23)7-5-13)27-21(18(16)26-2)28-10-8-15(29)9-11-28/h4-7,19H,3,8-11H2,1H3,(H2,25,30). The first-order valence-electron chi connectivity index (χ1n) is 9.72. The molecule has 31 heavy (non-hydrogen) atoms. The van der Waals surface area contributed by atoms with Gasteiger partial charge in [-0.2, -0.15) is 5.26 Å². The molecule has 1 amide bonds. The Kier molecular flexibility index (Phi) is 6.88. The molecule has 0 saturated carbocycles. The van der Waals surface area contributed by atoms with Crippen LogP contribution in [-0.2, 0) is 16.0 Å². The van der Waals surface area contributed by atoms with Crippen LogP contribution in [0.5, 0.6) is 0 Å². The van der Waals surface area contributed by atoms with Crippen LogP contribution < -0.4 is 10.6 Å². The van der Waals surface area contributed by atoms with Crippen LogP contribution in [0.3, 0.4) is 0 Å². The Balaban J connectivity index is 2.11. The predicted molar refractivity (Wildman–Crippen MR) is 115 cm³/mol. The number of nitriles is 1. The van der Waals surface area contributed by atoms with Crippen LogP contribution >= 0.6 is 11.8 Å². The summed E-state index contributed by atoms with van der Waals surface area (Å²) in [5, 5.41) is 9.21. The third-order valence-electron chi connectivity index (χ3n) is 5.08. The van der Waals surface area contributed by atoms with Crippen molar-refractivity contribution in [2.75, 3.05) is 18.0 Å². The number of Topliss-reactive ketones (excluding diaryl/α,β-unsaturated/α-hetero) is 1. The quantitative estimate of drug-likeness (QED) is 0.546. The molecule has 0 bridgehead atoms. The van der Waals surface area contributed by atoms with E-state index in [1.807, 2.05) is 11.8 Å². The molecule has 2 aromatic rings. The summed E-state index contributed by atoms with van der Waals surface area (Å²) in [4.78, 5) is 33.9. The first-order chi connectivity index (χ1) is 14.9. The Morgan fingerprint density at radius 3 is 2.55 bits per heavy atom. The molecule has 0 radical (unpaired) electrons. The minimum Gasteiger partial charge on any atom is -0.368 e. The number of amides is 1. The van der Waals surface area contributed by atoms with E-state index in [-0.39, 0.29) is 22.1 Å². The molecule has 7 nitrogen and oxygen atoms in total. The van der Waals surface area contributed by atoms with E-state index in [0.29, 0.717) is 49.3 Å². The fraction of sp³-hybridized carbons (Fsp3) is 0.318. The first kappa shape index (κ1) is 22.3. The number of thioether (sulfide) groups is 1. The fourth-order valence-electron chi connectivity index (χ4n) is 3.48. The van der Waals surface area contributed by atoms with Gasteiger partial charge >= 0.3 is 0 Å². The highest BCUT2D eigenvalue weighted by atomic mass is 32.2. The third kappa shape index (κ3) is 4.68. The van der Waals surface area contributed by atoms with Crippen LogP contribution in [0.1, 0.15) is 41.7 Å². The van der Waals surface area contributed by atoms with E-state index >= 15 is 0 Å². The normalized spacial score (nSPS) is 14.6. The van der Waals surface area contributed by atoms with Crippen LogP contribution in [0.4, 0.5) is 15.9 Å². The Hall–Kier alpha value is -3.43. The highest BCUT2D eigenvalue weighted by Crippen LogP contribution is 2.42. The Bertz CT molecular complexity index is 1090. The number of carbonyl (C=O) groups is 2. The van der Waals surface area contributed by atoms with Crippen LogP contribution in [0.25, 0.3) is 4.85 Å². The predicted octanol–water partition coefficient (Wildman–Crippen LogP) is 3.69. The summed E-state index contributed by atoms with van der Waals surface area (Å²) >= 11 is 1.01. The molecule has 0 aliphatic carbocycles. The number of benzene rings is 1. The van der Waals surface area contributed by atoms with Gasteiger partial charge in [0, 0.05) is 25.9 Å². The number of nitrogens with two attached hydrogens (primary N) is 1. The smallest absolute Gasteiger partial charge is 0.235 e. The largest absolute Gasteiger partial charge is 0.368 e. The maximum Gasteiger partial charge on any atom is 0.235 e. The molecule has 1 unspecified atom stereocenters. The lowest BCUT2D eigenvalue weighted by Gasteiger charge is -2.29. The van der Waals surface area contributed by atoms with Crippen LogP contribution in [0.15, 0.2) is 29.3 Å². The summed E-state index contributed by atoms with van der Waals surface area (Å²) < 4.78 is 13.3. The number of hydrogen-bond donors (Lipinski definition) is 1. The van der Waals surface area contributed by atoms with E-state index in [1.54, 1.807) is 0 Å². The van der Waals surface area contributed by atoms with Crippen molar-refractivity contribution in [3.8, 4) is 6.07 Å². The van der Waals surface area contributed by atoms with Crippen molar-refractivity contribution in [3.63, 3.8) is 0 Å². The van der Waals surface area contributed by atoms with E-state index in [2.05, 4.69) is 15.9 Å². The Labute approximate surface area is 183 Å². The lowest BCUT2D eigenvalue weighted by Crippen LogP contribution is -2.34. The van der Waals surface area contributed by atoms with Crippen molar-refractivity contribution in [3.05, 3.63) is 58.2 Å². The third-order valence-corrected chi connectivity index (χ3v) is 6.34. The molecule has 3 rings (SSSR count). The van der Waals surface area contributed by atoms with Gasteiger partial charge in [-0.25, -0.2) is 14.2 Å². The molecule has 1 fully saturated rings. The molecular formula is C22H20FN5O2S. The van der Waals surface area contributed by atoms with Gasteiger partial charge in [0.25, 0.3) is 0 Å². The maximum absolute atomic E-state index is 13.3. The van der Waals surface area contributed by atoms with E-state index < -0.39 is 17.0 Å². The number of hydrogen-bond acceptors (Lipinski definition) is 6. The number of carbonyl (C=O) groups excluding carboxylic acids is 2. The van der Waals surface area contributed by atoms with E-state index in [1.165, 1.54) is 24.3 Å². The minimum absolute atomic E-state index is 0.157. The summed E-state index contributed by atoms with van der Waals surface area (Å²) in [6, 6.07) is 7.53. The second kappa shape index (κ2) is 9.59. The van der Waals surface area contributed by atoms with Crippen LogP contribution in [0, 0.1) is 23.7 Å². The molecule has 158 valence electrons. The number of rotatable bonds is 6. The number of ketones is 1. The van der Waals surface area contributed by atoms with Crippen molar-refractivity contribution in [2.24, 2.45) is 5.73 Å². The molecule has 2 N–H and O–H groups in total. The molecular weight excluding hydrogens is 417 g/mol. The highest BCUT2D eigenvalue weighted by Gasteiger charge is 2.28. The second-order valence-electron chi connectivity index (χ2n) is 7.00. The zero-order valence-electron chi connectivity index (χ0n) is 16.9. The molecule has 1 aromatic carbocycles. The van der Waals surface area contributed by atoms with E-state index in [0.717, 1.165) is 11.8 Å². The second-order valence-corrected chi connectivity index (χ2v) is 8.09. The summed E-state index contributed by atoms with van der Waals surface area (Å²) in [6.07, 6.45) is 1.15. The molecule has 1 atom stereocenters. The van der Waals surface area contributed by atoms with Gasteiger partial charge in [-0.15, -0.1) is 0 Å². The summed E-state index contributed by atoms with van der Waals surface area (Å²) in [6.45, 7) is 10.4. The molecule has 9 heteroatoms. The van der Waals surface area contributed by atoms with Crippen LogP contribution in [-0.4, -0.2) is 29.8 Å². The topological polar surface area (TPSA) is 104 Å². The van der Waals surface area contributed by atoms with Crippen molar-refractivity contribution in [2.45, 2.75) is 36.5 Å². The maximum atomic E-state index is 13.3. The first-order valence-corrected chi connectivity index (χ1v) is 10.6. The number of pyridine rings is 1. The SMILES string of the molecule is [C-]#[N+]c1c(N2CCC(=O)CC2)nc(SC(C(N)=O)c2ccc(F)cc2)c(C#N)c1CC. The van der Waals surface area contributed by atoms with Gasteiger partial charge in [-0.1, -0.05) is 30.8 Å². The number of halogens is 1. The summed E-state index contributed by atoms with van der Waals surface area (Å²) in [5.41, 5.74) is 7.15. The number of anilines is 1. The van der Waals surface area contributed by atoms with Gasteiger partial charge in [0.2, 0.25) is 11.6 Å². The molecule has 0 spiro atoms. The molecule has 1 aliphatic rings. The molecule has 1 aromatic heterocycles. The average molecular weight is 438 g/mol. The Morgan fingerprint density at radius 1 is 1.39 bits per heavy atom. The molecule has 1 saturated heterocycles. The lowest BCUT2D eigenvalue weighted by atomic mass is 10.0. The zero-order valence-corrected chi connectivity index (χ0v) is 17.7. The van der Waals surface area contributed by atoms with Gasteiger partial charge < -0.3 is 10.6 Å². The number of primary amides is 1. The molecule has 2 heterocycles. The van der Waals surface area contributed by atoms with E-state index in [9.17, 15) is 19.2 Å². The lowest BCUT2D eigenvalue weighted by molar-refractivity contribution is -0.119. The monoisotopic (exact) mass is 437 g/mol. The van der Waals surface area contributed by atoms with Crippen molar-refractivity contribution >= 4 is 35.0 Å². The number of piperidine rings is 1. The molecule has 1 aliphatic heterocycles. The fourth-order valence-corrected chi connectivity index (χ4v) is 4.54. The van der Waals surface area contributed by atoms with E-state index in [4.69, 9.17) is 12.3 Å². The van der Waals surface area contributed by atoms with Crippen molar-refractivity contribution < 1.29 is 14.0 Å². The summed E-state index contributed by atoms with van der Waals surface area (Å²) in [7, 11) is 0.